The van der Waals surface area contributed by atoms with E-state index in [0.29, 0.717) is 28.0 Å². The number of aliphatic imine (C=N–C) groups is 1. The number of benzene rings is 3. The van der Waals surface area contributed by atoms with Crippen molar-refractivity contribution in [3.8, 4) is 0 Å². The van der Waals surface area contributed by atoms with Crippen LogP contribution >= 0.6 is 23.5 Å². The highest BCUT2D eigenvalue weighted by atomic mass is 32.2. The van der Waals surface area contributed by atoms with Crippen LogP contribution in [0.2, 0.25) is 0 Å². The maximum absolute atomic E-state index is 13.8. The summed E-state index contributed by atoms with van der Waals surface area (Å²) in [5, 5.41) is 12.9. The third-order valence-electron chi connectivity index (χ3n) is 5.90. The van der Waals surface area contributed by atoms with E-state index >= 15 is 0 Å². The average molecular weight is 545 g/mol. The van der Waals surface area contributed by atoms with Crippen molar-refractivity contribution in [3.63, 3.8) is 0 Å². The molecule has 0 radical (unpaired) electrons. The van der Waals surface area contributed by atoms with Crippen molar-refractivity contribution in [2.24, 2.45) is 4.99 Å². The van der Waals surface area contributed by atoms with Crippen LogP contribution in [0.1, 0.15) is 18.4 Å². The molecular weight excluding hydrogens is 520 g/mol. The van der Waals surface area contributed by atoms with Crippen LogP contribution in [0.3, 0.4) is 0 Å². The lowest BCUT2D eigenvalue weighted by molar-refractivity contribution is -0.138. The number of hydrogen-bond acceptors (Lipinski definition) is 7. The zero-order chi connectivity index (χ0) is 26.6. The smallest absolute Gasteiger partial charge is 0.303 e. The van der Waals surface area contributed by atoms with Gasteiger partial charge in [-0.3, -0.25) is 19.3 Å². The Hall–Kier alpha value is -4.02. The topological polar surface area (TPSA) is 102 Å². The molecule has 0 aromatic heterocycles. The van der Waals surface area contributed by atoms with Gasteiger partial charge in [0.15, 0.2) is 5.17 Å². The van der Waals surface area contributed by atoms with Crippen LogP contribution < -0.4 is 10.2 Å². The molecule has 38 heavy (non-hydrogen) atoms. The number of hydrogen-bond donors (Lipinski definition) is 2. The van der Waals surface area contributed by atoms with Crippen LogP contribution in [0.15, 0.2) is 98.7 Å². The lowest BCUT2D eigenvalue weighted by atomic mass is 10.2. The number of nitrogens with zero attached hydrogens (tertiary/aromatic N) is 3. The second-order valence-electron chi connectivity index (χ2n) is 8.63. The van der Waals surface area contributed by atoms with E-state index in [1.54, 1.807) is 40.9 Å². The lowest BCUT2D eigenvalue weighted by Crippen LogP contribution is -2.29. The molecule has 3 aromatic carbocycles. The third-order valence-corrected chi connectivity index (χ3v) is 8.33. The van der Waals surface area contributed by atoms with E-state index in [-0.39, 0.29) is 24.7 Å². The molecule has 1 saturated heterocycles. The SMILES string of the molecule is CN1/C(=C2/S/C(=N\c3cccc(NC(=O)CCC(=O)O)c3)N(Cc3ccccc3)C2=O)Sc2ccccc21. The summed E-state index contributed by atoms with van der Waals surface area (Å²) in [4.78, 5) is 46.8. The number of carboxylic acid groups (broad SMARTS) is 1. The van der Waals surface area contributed by atoms with Gasteiger partial charge < -0.3 is 15.3 Å². The molecule has 2 aliphatic rings. The number of fused-ring (bicyclic) bond motifs is 1. The fourth-order valence-electron chi connectivity index (χ4n) is 4.03. The predicted octanol–water partition coefficient (Wildman–Crippen LogP) is 5.66. The van der Waals surface area contributed by atoms with E-state index in [0.717, 1.165) is 21.2 Å². The Morgan fingerprint density at radius 1 is 0.947 bits per heavy atom. The van der Waals surface area contributed by atoms with Gasteiger partial charge >= 0.3 is 5.97 Å². The van der Waals surface area contributed by atoms with E-state index < -0.39 is 5.97 Å². The number of carbonyl (C=O) groups is 3. The lowest BCUT2D eigenvalue weighted by Gasteiger charge is -2.17. The van der Waals surface area contributed by atoms with Gasteiger partial charge in [-0.1, -0.05) is 60.3 Å². The summed E-state index contributed by atoms with van der Waals surface area (Å²) in [6, 6.07) is 24.8. The van der Waals surface area contributed by atoms with Crippen LogP contribution in [-0.4, -0.2) is 40.0 Å². The van der Waals surface area contributed by atoms with Crippen LogP contribution in [-0.2, 0) is 20.9 Å². The highest BCUT2D eigenvalue weighted by Crippen LogP contribution is 2.50. The van der Waals surface area contributed by atoms with Gasteiger partial charge in [0.1, 0.15) is 4.91 Å². The maximum atomic E-state index is 13.8. The van der Waals surface area contributed by atoms with Crippen molar-refractivity contribution in [1.82, 2.24) is 4.90 Å². The number of nitrogens with one attached hydrogen (secondary N) is 1. The minimum Gasteiger partial charge on any atom is -0.481 e. The fourth-order valence-corrected chi connectivity index (χ4v) is 6.37. The summed E-state index contributed by atoms with van der Waals surface area (Å²) in [5.41, 5.74) is 3.11. The van der Waals surface area contributed by atoms with Crippen molar-refractivity contribution in [3.05, 3.63) is 94.4 Å². The zero-order valence-electron chi connectivity index (χ0n) is 20.5. The van der Waals surface area contributed by atoms with Crippen LogP contribution in [0.5, 0.6) is 0 Å². The molecule has 0 atom stereocenters. The van der Waals surface area contributed by atoms with E-state index in [4.69, 9.17) is 10.1 Å². The first kappa shape index (κ1) is 25.6. The number of carboxylic acids is 1. The van der Waals surface area contributed by atoms with E-state index in [1.165, 1.54) is 11.8 Å². The summed E-state index contributed by atoms with van der Waals surface area (Å²) in [5.74, 6) is -1.53. The number of rotatable bonds is 7. The number of para-hydroxylation sites is 1. The number of carbonyl (C=O) groups excluding carboxylic acids is 2. The van der Waals surface area contributed by atoms with Gasteiger partial charge in [-0.15, -0.1) is 0 Å². The van der Waals surface area contributed by atoms with Crippen molar-refractivity contribution >= 4 is 63.5 Å². The van der Waals surface area contributed by atoms with Gasteiger partial charge in [-0.05, 0) is 47.7 Å². The second-order valence-corrected chi connectivity index (χ2v) is 10.6. The molecule has 8 nitrogen and oxygen atoms in total. The second kappa shape index (κ2) is 11.2. The van der Waals surface area contributed by atoms with E-state index in [9.17, 15) is 14.4 Å². The standard InChI is InChI=1S/C28H24N4O4S2/c1-31-21-12-5-6-13-22(21)37-27(31)25-26(36)32(17-18-8-3-2-4-9-18)28(38-25)30-20-11-7-10-19(16-20)29-23(33)14-15-24(34)35/h2-13,16H,14-15,17H2,1H3,(H,29,33)(H,34,35)/b27-25-,30-28-. The Labute approximate surface area is 228 Å². The van der Waals surface area contributed by atoms with Crippen LogP contribution in [0.25, 0.3) is 0 Å². The van der Waals surface area contributed by atoms with Gasteiger partial charge in [0.25, 0.3) is 5.91 Å². The third kappa shape index (κ3) is 5.61. The number of thioether (sulfide) groups is 2. The fraction of sp³-hybridized carbons (Fsp3) is 0.143. The zero-order valence-corrected chi connectivity index (χ0v) is 22.1. The molecule has 2 N–H and O–H groups in total. The van der Waals surface area contributed by atoms with Crippen LogP contribution in [0.4, 0.5) is 17.1 Å². The molecule has 0 aliphatic carbocycles. The van der Waals surface area contributed by atoms with Gasteiger partial charge in [0.2, 0.25) is 5.91 Å². The number of aliphatic carboxylic acids is 1. The average Bonchev–Trinajstić information content (AvgIpc) is 3.40. The summed E-state index contributed by atoms with van der Waals surface area (Å²) in [6.07, 6.45) is -0.359. The summed E-state index contributed by atoms with van der Waals surface area (Å²) in [6.45, 7) is 0.370. The summed E-state index contributed by atoms with van der Waals surface area (Å²) >= 11 is 2.91. The molecule has 0 unspecified atom stereocenters. The Bertz CT molecular complexity index is 1470. The quantitative estimate of drug-likeness (QED) is 0.370. The molecule has 0 spiro atoms. The Balaban J connectivity index is 1.46. The molecule has 0 saturated carbocycles. The first-order valence-corrected chi connectivity index (χ1v) is 13.5. The van der Waals surface area contributed by atoms with Crippen LogP contribution in [0, 0.1) is 0 Å². The van der Waals surface area contributed by atoms with E-state index in [1.807, 2.05) is 66.5 Å². The molecule has 2 amide bonds. The van der Waals surface area contributed by atoms with Gasteiger partial charge in [-0.2, -0.15) is 0 Å². The van der Waals surface area contributed by atoms with Crippen molar-refractivity contribution in [1.29, 1.82) is 0 Å². The minimum absolute atomic E-state index is 0.113. The number of amides is 2. The van der Waals surface area contributed by atoms with E-state index in [2.05, 4.69) is 5.32 Å². The number of amidine groups is 1. The summed E-state index contributed by atoms with van der Waals surface area (Å²) < 4.78 is 0. The highest BCUT2D eigenvalue weighted by molar-refractivity contribution is 8.19. The van der Waals surface area contributed by atoms with Gasteiger partial charge in [0, 0.05) is 24.1 Å². The van der Waals surface area contributed by atoms with Gasteiger partial charge in [-0.25, -0.2) is 4.99 Å². The molecule has 3 aromatic rings. The highest BCUT2D eigenvalue weighted by Gasteiger charge is 2.39. The Kier molecular flexibility index (Phi) is 7.52. The van der Waals surface area contributed by atoms with Crippen molar-refractivity contribution in [2.45, 2.75) is 24.3 Å². The minimum atomic E-state index is -1.03. The Morgan fingerprint density at radius 3 is 2.47 bits per heavy atom. The number of anilines is 2. The molecule has 0 bridgehead atoms. The normalized spacial score (nSPS) is 17.7. The largest absolute Gasteiger partial charge is 0.481 e. The Morgan fingerprint density at radius 2 is 1.71 bits per heavy atom. The molecule has 192 valence electrons. The summed E-state index contributed by atoms with van der Waals surface area (Å²) in [7, 11) is 1.96. The molecule has 2 heterocycles. The van der Waals surface area contributed by atoms with Crippen molar-refractivity contribution in [2.75, 3.05) is 17.3 Å². The van der Waals surface area contributed by atoms with Crippen molar-refractivity contribution < 1.29 is 19.5 Å². The first-order valence-electron chi connectivity index (χ1n) is 11.9. The predicted molar refractivity (Wildman–Crippen MR) is 151 cm³/mol. The molecule has 5 rings (SSSR count). The first-order chi connectivity index (χ1) is 18.4. The maximum Gasteiger partial charge on any atom is 0.303 e. The molecule has 1 fully saturated rings. The monoisotopic (exact) mass is 544 g/mol. The molecule has 10 heteroatoms. The van der Waals surface area contributed by atoms with Gasteiger partial charge in [0.05, 0.1) is 29.4 Å². The molecular formula is C28H24N4O4S2. The molecule has 2 aliphatic heterocycles.